The van der Waals surface area contributed by atoms with E-state index in [1.807, 2.05) is 13.8 Å². The smallest absolute Gasteiger partial charge is 0.0624 e. The minimum absolute atomic E-state index is 0.591. The number of benzene rings is 2. The molecule has 0 radical (unpaired) electrons. The molecule has 2 aromatic rings. The Morgan fingerprint density at radius 1 is 0.920 bits per heavy atom. The molecular weight excluding hydrogens is 304 g/mol. The molecule has 0 atom stereocenters. The molecule has 1 aliphatic carbocycles. The zero-order valence-corrected chi connectivity index (χ0v) is 15.5. The number of nitrogens with zero attached hydrogens (tertiary/aromatic N) is 1. The molecule has 2 nitrogen and oxygen atoms in total. The molecule has 2 heteroatoms. The van der Waals surface area contributed by atoms with Crippen LogP contribution in [0.3, 0.4) is 0 Å². The Labute approximate surface area is 152 Å². The maximum absolute atomic E-state index is 8.81. The Kier molecular flexibility index (Phi) is 8.22. The molecule has 1 saturated carbocycles. The van der Waals surface area contributed by atoms with Crippen LogP contribution in [0.15, 0.2) is 54.6 Å². The summed E-state index contributed by atoms with van der Waals surface area (Å²) >= 11 is 0. The van der Waals surface area contributed by atoms with E-state index in [9.17, 15) is 0 Å². The number of hydrogen-bond acceptors (Lipinski definition) is 2. The second-order valence-electron chi connectivity index (χ2n) is 6.48. The van der Waals surface area contributed by atoms with Crippen molar-refractivity contribution < 1.29 is 0 Å². The zero-order chi connectivity index (χ0) is 17.9. The SMILES string of the molecule is CC.N#CCC1CCC(NCc2ccccc2-c2ccccc2)CC1. The van der Waals surface area contributed by atoms with Gasteiger partial charge in [0.15, 0.2) is 0 Å². The van der Waals surface area contributed by atoms with Crippen LogP contribution >= 0.6 is 0 Å². The van der Waals surface area contributed by atoms with Crippen molar-refractivity contribution in [3.8, 4) is 17.2 Å². The van der Waals surface area contributed by atoms with E-state index in [2.05, 4.69) is 66.0 Å². The van der Waals surface area contributed by atoms with Gasteiger partial charge >= 0.3 is 0 Å². The lowest BCUT2D eigenvalue weighted by atomic mass is 9.84. The largest absolute Gasteiger partial charge is 0.310 e. The van der Waals surface area contributed by atoms with Crippen LogP contribution < -0.4 is 5.32 Å². The Morgan fingerprint density at radius 2 is 1.56 bits per heavy atom. The van der Waals surface area contributed by atoms with Crippen LogP contribution in [0.2, 0.25) is 0 Å². The summed E-state index contributed by atoms with van der Waals surface area (Å²) in [7, 11) is 0. The van der Waals surface area contributed by atoms with Crippen LogP contribution in [0.5, 0.6) is 0 Å². The van der Waals surface area contributed by atoms with Crippen molar-refractivity contribution in [2.75, 3.05) is 0 Å². The highest BCUT2D eigenvalue weighted by atomic mass is 14.9. The van der Waals surface area contributed by atoms with E-state index in [0.29, 0.717) is 12.0 Å². The van der Waals surface area contributed by atoms with Gasteiger partial charge in [-0.1, -0.05) is 68.4 Å². The summed E-state index contributed by atoms with van der Waals surface area (Å²) in [6.07, 6.45) is 5.49. The average Bonchev–Trinajstić information content (AvgIpc) is 2.70. The fourth-order valence-corrected chi connectivity index (χ4v) is 3.53. The molecule has 1 aliphatic rings. The third-order valence-corrected chi connectivity index (χ3v) is 4.91. The molecule has 0 amide bonds. The third kappa shape index (κ3) is 5.73. The molecule has 3 rings (SSSR count). The van der Waals surface area contributed by atoms with Gasteiger partial charge in [-0.3, -0.25) is 0 Å². The summed E-state index contributed by atoms with van der Waals surface area (Å²) in [5, 5.41) is 12.5. The van der Waals surface area contributed by atoms with E-state index in [4.69, 9.17) is 5.26 Å². The highest BCUT2D eigenvalue weighted by molar-refractivity contribution is 5.67. The lowest BCUT2D eigenvalue weighted by molar-refractivity contribution is 0.294. The van der Waals surface area contributed by atoms with Crippen LogP contribution in [0.1, 0.15) is 51.5 Å². The molecule has 1 fully saturated rings. The second-order valence-corrected chi connectivity index (χ2v) is 6.48. The van der Waals surface area contributed by atoms with Crippen LogP contribution in [-0.2, 0) is 6.54 Å². The fourth-order valence-electron chi connectivity index (χ4n) is 3.53. The molecule has 0 aromatic heterocycles. The third-order valence-electron chi connectivity index (χ3n) is 4.91. The molecule has 0 saturated heterocycles. The maximum Gasteiger partial charge on any atom is 0.0624 e. The van der Waals surface area contributed by atoms with Crippen molar-refractivity contribution >= 4 is 0 Å². The molecule has 132 valence electrons. The second kappa shape index (κ2) is 10.7. The molecule has 0 unspecified atom stereocenters. The first kappa shape index (κ1) is 19.2. The molecule has 0 spiro atoms. The normalized spacial score (nSPS) is 19.4. The van der Waals surface area contributed by atoms with E-state index < -0.39 is 0 Å². The van der Waals surface area contributed by atoms with Gasteiger partial charge in [-0.05, 0) is 48.3 Å². The summed E-state index contributed by atoms with van der Waals surface area (Å²) in [6.45, 7) is 4.92. The zero-order valence-electron chi connectivity index (χ0n) is 15.5. The maximum atomic E-state index is 8.81. The number of rotatable bonds is 5. The first-order valence-corrected chi connectivity index (χ1v) is 9.60. The summed E-state index contributed by atoms with van der Waals surface area (Å²) in [5.41, 5.74) is 3.96. The Hall–Kier alpha value is -2.11. The van der Waals surface area contributed by atoms with E-state index >= 15 is 0 Å². The van der Waals surface area contributed by atoms with Gasteiger partial charge in [0.1, 0.15) is 0 Å². The molecular formula is C23H30N2. The van der Waals surface area contributed by atoms with Gasteiger partial charge in [-0.25, -0.2) is 0 Å². The summed E-state index contributed by atoms with van der Waals surface area (Å²) in [6, 6.07) is 22.1. The molecule has 0 aliphatic heterocycles. The van der Waals surface area contributed by atoms with Gasteiger partial charge in [0.25, 0.3) is 0 Å². The highest BCUT2D eigenvalue weighted by Gasteiger charge is 2.20. The predicted octanol–water partition coefficient (Wildman–Crippen LogP) is 5.94. The predicted molar refractivity (Wildman–Crippen MR) is 106 cm³/mol. The van der Waals surface area contributed by atoms with Gasteiger partial charge < -0.3 is 5.32 Å². The Balaban J connectivity index is 0.00000109. The molecule has 25 heavy (non-hydrogen) atoms. The van der Waals surface area contributed by atoms with Crippen molar-refractivity contribution in [3.05, 3.63) is 60.2 Å². The van der Waals surface area contributed by atoms with E-state index in [1.54, 1.807) is 0 Å². The average molecular weight is 335 g/mol. The standard InChI is InChI=1S/C21H24N2.C2H6/c22-15-14-17-10-12-20(13-11-17)23-16-19-8-4-5-9-21(19)18-6-2-1-3-7-18;1-2/h1-9,17,20,23H,10-14,16H2;1-2H3. The van der Waals surface area contributed by atoms with Gasteiger partial charge in [0.2, 0.25) is 0 Å². The summed E-state index contributed by atoms with van der Waals surface area (Å²) < 4.78 is 0. The van der Waals surface area contributed by atoms with Crippen molar-refractivity contribution in [1.29, 1.82) is 5.26 Å². The van der Waals surface area contributed by atoms with Crippen molar-refractivity contribution in [3.63, 3.8) is 0 Å². The van der Waals surface area contributed by atoms with Gasteiger partial charge in [0, 0.05) is 19.0 Å². The van der Waals surface area contributed by atoms with Gasteiger partial charge in [-0.15, -0.1) is 0 Å². The minimum Gasteiger partial charge on any atom is -0.310 e. The Morgan fingerprint density at radius 3 is 2.24 bits per heavy atom. The summed E-state index contributed by atoms with van der Waals surface area (Å²) in [4.78, 5) is 0. The number of nitrogens with one attached hydrogen (secondary N) is 1. The molecule has 1 N–H and O–H groups in total. The fraction of sp³-hybridized carbons (Fsp3) is 0.435. The molecule has 2 aromatic carbocycles. The van der Waals surface area contributed by atoms with Crippen LogP contribution in [0.25, 0.3) is 11.1 Å². The van der Waals surface area contributed by atoms with E-state index in [-0.39, 0.29) is 0 Å². The quantitative estimate of drug-likeness (QED) is 0.734. The van der Waals surface area contributed by atoms with Crippen LogP contribution in [0.4, 0.5) is 0 Å². The highest BCUT2D eigenvalue weighted by Crippen LogP contribution is 2.28. The van der Waals surface area contributed by atoms with Crippen molar-refractivity contribution in [2.45, 2.75) is 58.5 Å². The first-order chi connectivity index (χ1) is 12.4. The van der Waals surface area contributed by atoms with Gasteiger partial charge in [-0.2, -0.15) is 5.26 Å². The lowest BCUT2D eigenvalue weighted by Gasteiger charge is -2.28. The first-order valence-electron chi connectivity index (χ1n) is 9.60. The Bertz CT molecular complexity index is 649. The van der Waals surface area contributed by atoms with E-state index in [1.165, 1.54) is 42.4 Å². The minimum atomic E-state index is 0.591. The monoisotopic (exact) mass is 334 g/mol. The van der Waals surface area contributed by atoms with Crippen molar-refractivity contribution in [2.24, 2.45) is 5.92 Å². The van der Waals surface area contributed by atoms with Crippen molar-refractivity contribution in [1.82, 2.24) is 5.32 Å². The van der Waals surface area contributed by atoms with Gasteiger partial charge in [0.05, 0.1) is 6.07 Å². The number of hydrogen-bond donors (Lipinski definition) is 1. The lowest BCUT2D eigenvalue weighted by Crippen LogP contribution is -2.32. The van der Waals surface area contributed by atoms with Crippen LogP contribution in [-0.4, -0.2) is 6.04 Å². The summed E-state index contributed by atoms with van der Waals surface area (Å²) in [5.74, 6) is 0.620. The van der Waals surface area contributed by atoms with Crippen LogP contribution in [0, 0.1) is 17.2 Å². The molecule has 0 heterocycles. The topological polar surface area (TPSA) is 35.8 Å². The van der Waals surface area contributed by atoms with E-state index in [0.717, 1.165) is 13.0 Å². The number of nitriles is 1. The molecule has 0 bridgehead atoms.